The fraction of sp³-hybridized carbons (Fsp3) is 0.760. The number of hydrogen-bond acceptors (Lipinski definition) is 1. The summed E-state index contributed by atoms with van der Waals surface area (Å²) < 4.78 is 0. The Morgan fingerprint density at radius 1 is 0.679 bits per heavy atom. The van der Waals surface area contributed by atoms with E-state index in [9.17, 15) is 0 Å². The van der Waals surface area contributed by atoms with Gasteiger partial charge in [-0.25, -0.2) is 0 Å². The number of nitrogen functional groups attached to an aromatic ring is 1. The second-order valence-corrected chi connectivity index (χ2v) is 14.3. The van der Waals surface area contributed by atoms with Crippen LogP contribution in [0.15, 0.2) is 24.3 Å². The minimum absolute atomic E-state index is 0. The van der Waals surface area contributed by atoms with Crippen molar-refractivity contribution >= 4 is 12.9 Å². The first kappa shape index (κ1) is 22.9. The third kappa shape index (κ3) is 5.08. The summed E-state index contributed by atoms with van der Waals surface area (Å²) in [6, 6.07) is 9.01. The van der Waals surface area contributed by atoms with Crippen LogP contribution in [0.1, 0.15) is 102 Å². The monoisotopic (exact) mass is 513 g/mol. The highest BCUT2D eigenvalue weighted by Gasteiger charge is 2.56. The van der Waals surface area contributed by atoms with Crippen molar-refractivity contribution in [2.75, 3.05) is 5.73 Å². The second-order valence-electron chi connectivity index (χ2n) is 9.77. The average Bonchev–Trinajstić information content (AvgIpc) is 2.74. The van der Waals surface area contributed by atoms with E-state index in [1.54, 1.807) is 44.1 Å². The molecule has 28 heavy (non-hydrogen) atoms. The van der Waals surface area contributed by atoms with Crippen LogP contribution in [0.3, 0.4) is 0 Å². The Hall–Kier alpha value is 0.180. The molecule has 0 atom stereocenters. The van der Waals surface area contributed by atoms with Gasteiger partial charge >= 0.3 is 0 Å². The van der Waals surface area contributed by atoms with Crippen molar-refractivity contribution in [1.82, 2.24) is 0 Å². The number of halogens is 1. The van der Waals surface area contributed by atoms with Crippen molar-refractivity contribution in [1.29, 1.82) is 0 Å². The summed E-state index contributed by atoms with van der Waals surface area (Å²) in [7, 11) is -1.02. The quantitative estimate of drug-likeness (QED) is 0.342. The summed E-state index contributed by atoms with van der Waals surface area (Å²) in [4.78, 5) is 0. The molecule has 1 aromatic carbocycles. The van der Waals surface area contributed by atoms with Crippen LogP contribution in [0.5, 0.6) is 0 Å². The molecule has 0 saturated heterocycles. The molecule has 3 fully saturated rings. The zero-order valence-corrected chi connectivity index (χ0v) is 20.8. The SMILES string of the molecule is Nc1cccc(C[P+](C2CCCCC2)(C2CCCCC2)C2CCCCC2)c1.[I-]. The van der Waals surface area contributed by atoms with E-state index < -0.39 is 7.26 Å². The first-order valence-corrected chi connectivity index (χ1v) is 14.2. The molecular weight excluding hydrogens is 472 g/mol. The molecule has 0 radical (unpaired) electrons. The van der Waals surface area contributed by atoms with Crippen LogP contribution in [0.4, 0.5) is 5.69 Å². The molecular formula is C25H41INP. The molecule has 0 bridgehead atoms. The average molecular weight is 513 g/mol. The molecule has 2 N–H and O–H groups in total. The second kappa shape index (κ2) is 11.0. The van der Waals surface area contributed by atoms with Crippen LogP contribution in [-0.2, 0) is 6.16 Å². The predicted octanol–water partition coefficient (Wildman–Crippen LogP) is 4.79. The summed E-state index contributed by atoms with van der Waals surface area (Å²) in [6.07, 6.45) is 24.2. The van der Waals surface area contributed by atoms with Gasteiger partial charge in [0, 0.05) is 12.9 Å². The van der Waals surface area contributed by atoms with Crippen molar-refractivity contribution in [2.24, 2.45) is 0 Å². The van der Waals surface area contributed by atoms with E-state index in [4.69, 9.17) is 5.73 Å². The van der Waals surface area contributed by atoms with Gasteiger partial charge in [0.05, 0.1) is 23.1 Å². The van der Waals surface area contributed by atoms with E-state index >= 15 is 0 Å². The number of benzene rings is 1. The molecule has 0 aromatic heterocycles. The van der Waals surface area contributed by atoms with Crippen molar-refractivity contribution in [3.8, 4) is 0 Å². The molecule has 4 rings (SSSR count). The number of nitrogens with two attached hydrogens (primary N) is 1. The predicted molar refractivity (Wildman–Crippen MR) is 122 cm³/mol. The molecule has 0 amide bonds. The first-order valence-electron chi connectivity index (χ1n) is 12.0. The molecule has 3 aliphatic carbocycles. The summed E-state index contributed by atoms with van der Waals surface area (Å²) in [6.45, 7) is 0. The number of anilines is 1. The minimum Gasteiger partial charge on any atom is -1.00 e. The Kier molecular flexibility index (Phi) is 8.97. The Labute approximate surface area is 191 Å². The lowest BCUT2D eigenvalue weighted by molar-refractivity contribution is -0.00000570. The van der Waals surface area contributed by atoms with Crippen molar-refractivity contribution in [2.45, 2.75) is 119 Å². The number of hydrogen-bond donors (Lipinski definition) is 1. The molecule has 1 aromatic rings. The first-order chi connectivity index (χ1) is 13.3. The van der Waals surface area contributed by atoms with Gasteiger partial charge in [-0.2, -0.15) is 0 Å². The maximum Gasteiger partial charge on any atom is 0.0851 e. The summed E-state index contributed by atoms with van der Waals surface area (Å²) in [5.74, 6) is 0. The van der Waals surface area contributed by atoms with Gasteiger partial charge in [-0.1, -0.05) is 31.4 Å². The lowest BCUT2D eigenvalue weighted by Gasteiger charge is -2.49. The van der Waals surface area contributed by atoms with Crippen molar-refractivity contribution in [3.63, 3.8) is 0 Å². The third-order valence-electron chi connectivity index (χ3n) is 8.17. The summed E-state index contributed by atoms with van der Waals surface area (Å²) in [5, 5.41) is 0. The van der Waals surface area contributed by atoms with E-state index in [1.807, 2.05) is 0 Å². The van der Waals surface area contributed by atoms with E-state index in [-0.39, 0.29) is 24.0 Å². The summed E-state index contributed by atoms with van der Waals surface area (Å²) >= 11 is 0. The number of rotatable bonds is 5. The smallest absolute Gasteiger partial charge is 0.0851 e. The van der Waals surface area contributed by atoms with E-state index in [2.05, 4.69) is 24.3 Å². The Balaban J connectivity index is 0.00000225. The normalized spacial score (nSPS) is 23.3. The van der Waals surface area contributed by atoms with Crippen LogP contribution < -0.4 is 29.7 Å². The lowest BCUT2D eigenvalue weighted by atomic mass is 9.99. The molecule has 0 spiro atoms. The lowest BCUT2D eigenvalue weighted by Crippen LogP contribution is -3.00. The van der Waals surface area contributed by atoms with Gasteiger partial charge in [0.2, 0.25) is 0 Å². The van der Waals surface area contributed by atoms with Crippen LogP contribution in [0.2, 0.25) is 0 Å². The van der Waals surface area contributed by atoms with Gasteiger partial charge in [-0.3, -0.25) is 0 Å². The highest BCUT2D eigenvalue weighted by molar-refractivity contribution is 7.77. The largest absolute Gasteiger partial charge is 1.00 e. The fourth-order valence-corrected chi connectivity index (χ4v) is 14.3. The van der Waals surface area contributed by atoms with Crippen LogP contribution in [0.25, 0.3) is 0 Å². The maximum absolute atomic E-state index is 6.23. The molecule has 3 saturated carbocycles. The third-order valence-corrected chi connectivity index (χ3v) is 14.7. The Morgan fingerprint density at radius 2 is 1.11 bits per heavy atom. The van der Waals surface area contributed by atoms with Crippen LogP contribution in [0, 0.1) is 0 Å². The highest BCUT2D eigenvalue weighted by atomic mass is 127. The summed E-state index contributed by atoms with van der Waals surface area (Å²) in [5.41, 5.74) is 12.0. The topological polar surface area (TPSA) is 26.0 Å². The van der Waals surface area contributed by atoms with E-state index in [1.165, 1.54) is 63.9 Å². The van der Waals surface area contributed by atoms with Crippen LogP contribution >= 0.6 is 7.26 Å². The molecule has 158 valence electrons. The Morgan fingerprint density at radius 3 is 1.50 bits per heavy atom. The van der Waals surface area contributed by atoms with Crippen molar-refractivity contribution < 1.29 is 24.0 Å². The fourth-order valence-electron chi connectivity index (χ4n) is 6.97. The molecule has 0 aliphatic heterocycles. The Bertz CT molecular complexity index is 540. The molecule has 0 unspecified atom stereocenters. The van der Waals surface area contributed by atoms with Crippen LogP contribution in [-0.4, -0.2) is 17.0 Å². The van der Waals surface area contributed by atoms with Gasteiger partial charge in [0.25, 0.3) is 0 Å². The van der Waals surface area contributed by atoms with Gasteiger partial charge in [-0.15, -0.1) is 0 Å². The molecule has 3 heteroatoms. The van der Waals surface area contributed by atoms with Gasteiger partial charge < -0.3 is 29.7 Å². The zero-order valence-electron chi connectivity index (χ0n) is 17.8. The minimum atomic E-state index is -1.02. The highest BCUT2D eigenvalue weighted by Crippen LogP contribution is 2.78. The maximum atomic E-state index is 6.23. The van der Waals surface area contributed by atoms with E-state index in [0.717, 1.165) is 22.7 Å². The molecule has 3 aliphatic rings. The van der Waals surface area contributed by atoms with Gasteiger partial charge in [0.1, 0.15) is 0 Å². The zero-order chi connectivity index (χ0) is 18.5. The molecule has 0 heterocycles. The van der Waals surface area contributed by atoms with Crippen molar-refractivity contribution in [3.05, 3.63) is 29.8 Å². The molecule has 1 nitrogen and oxygen atoms in total. The standard InChI is InChI=1S/C25H41NP.HI/c26-22-12-10-11-21(19-22)20-27(23-13-4-1-5-14-23,24-15-6-2-7-16-24)25-17-8-3-9-18-25;/h10-12,19,23-25H,1-9,13-18,20,26H2;1H/q+1;/p-1. The van der Waals surface area contributed by atoms with Gasteiger partial charge in [0.15, 0.2) is 0 Å². The van der Waals surface area contributed by atoms with Gasteiger partial charge in [-0.05, 0) is 94.7 Å². The van der Waals surface area contributed by atoms with E-state index in [0.29, 0.717) is 0 Å².